The fourth-order valence-corrected chi connectivity index (χ4v) is 2.13. The van der Waals surface area contributed by atoms with Crippen LogP contribution in [0.3, 0.4) is 0 Å². The molecule has 0 aliphatic rings. The Morgan fingerprint density at radius 3 is 2.20 bits per heavy atom. The van der Waals surface area contributed by atoms with E-state index < -0.39 is 0 Å². The first-order chi connectivity index (χ1) is 12.1. The summed E-state index contributed by atoms with van der Waals surface area (Å²) in [4.78, 5) is 23.5. The Labute approximate surface area is 147 Å². The first-order valence-electron chi connectivity index (χ1n) is 8.21. The van der Waals surface area contributed by atoms with Crippen LogP contribution in [0.4, 0.5) is 11.4 Å². The molecule has 0 aliphatic carbocycles. The van der Waals surface area contributed by atoms with Crippen molar-refractivity contribution in [1.82, 2.24) is 5.32 Å². The Morgan fingerprint density at radius 2 is 1.60 bits per heavy atom. The van der Waals surface area contributed by atoms with Gasteiger partial charge in [0.1, 0.15) is 5.75 Å². The van der Waals surface area contributed by atoms with E-state index in [2.05, 4.69) is 16.0 Å². The second-order valence-electron chi connectivity index (χ2n) is 5.43. The highest BCUT2D eigenvalue weighted by Crippen LogP contribution is 2.16. The zero-order valence-corrected chi connectivity index (χ0v) is 14.5. The fraction of sp³-hybridized carbons (Fsp3) is 0.263. The van der Waals surface area contributed by atoms with E-state index in [1.165, 1.54) is 0 Å². The van der Waals surface area contributed by atoms with Gasteiger partial charge in [-0.25, -0.2) is 0 Å². The van der Waals surface area contributed by atoms with Crippen molar-refractivity contribution in [3.05, 3.63) is 54.1 Å². The molecule has 0 bridgehead atoms. The number of benzene rings is 2. The summed E-state index contributed by atoms with van der Waals surface area (Å²) in [5.74, 6) is 0.488. The van der Waals surface area contributed by atoms with Gasteiger partial charge in [-0.2, -0.15) is 0 Å². The van der Waals surface area contributed by atoms with Crippen LogP contribution in [0, 0.1) is 0 Å². The van der Waals surface area contributed by atoms with Gasteiger partial charge in [0.15, 0.2) is 0 Å². The zero-order chi connectivity index (χ0) is 18.1. The van der Waals surface area contributed by atoms with Crippen LogP contribution in [-0.4, -0.2) is 32.0 Å². The monoisotopic (exact) mass is 341 g/mol. The van der Waals surface area contributed by atoms with E-state index in [4.69, 9.17) is 4.74 Å². The maximum absolute atomic E-state index is 12.0. The number of hydrogen-bond donors (Lipinski definition) is 3. The molecule has 132 valence electrons. The number of carbonyl (C=O) groups is 2. The molecule has 25 heavy (non-hydrogen) atoms. The third-order valence-corrected chi connectivity index (χ3v) is 3.44. The summed E-state index contributed by atoms with van der Waals surface area (Å²) in [5.41, 5.74) is 2.06. The molecule has 0 saturated heterocycles. The van der Waals surface area contributed by atoms with Gasteiger partial charge in [-0.05, 0) is 55.0 Å². The number of carbonyl (C=O) groups excluding carboxylic acids is 2. The van der Waals surface area contributed by atoms with Crippen LogP contribution in [0.15, 0.2) is 48.5 Å². The van der Waals surface area contributed by atoms with Crippen LogP contribution in [0.25, 0.3) is 0 Å². The molecule has 0 aliphatic heterocycles. The highest BCUT2D eigenvalue weighted by atomic mass is 16.5. The van der Waals surface area contributed by atoms with Gasteiger partial charge in [0, 0.05) is 24.0 Å². The molecule has 0 unspecified atom stereocenters. The average Bonchev–Trinajstić information content (AvgIpc) is 2.65. The molecule has 2 aromatic rings. The maximum atomic E-state index is 12.0. The Hall–Kier alpha value is -3.02. The molecule has 0 heterocycles. The Morgan fingerprint density at radius 1 is 0.960 bits per heavy atom. The van der Waals surface area contributed by atoms with Crippen molar-refractivity contribution in [2.75, 3.05) is 30.8 Å². The summed E-state index contributed by atoms with van der Waals surface area (Å²) >= 11 is 0. The van der Waals surface area contributed by atoms with E-state index >= 15 is 0 Å². The number of rotatable bonds is 8. The minimum atomic E-state index is -0.155. The maximum Gasteiger partial charge on any atom is 0.251 e. The number of amides is 2. The number of ether oxygens (including phenoxy) is 1. The van der Waals surface area contributed by atoms with Gasteiger partial charge in [0.25, 0.3) is 5.91 Å². The van der Waals surface area contributed by atoms with Crippen molar-refractivity contribution in [3.63, 3.8) is 0 Å². The lowest BCUT2D eigenvalue weighted by molar-refractivity contribution is -0.114. The molecule has 0 radical (unpaired) electrons. The molecule has 6 nitrogen and oxygen atoms in total. The summed E-state index contributed by atoms with van der Waals surface area (Å²) in [5, 5.41) is 8.39. The lowest BCUT2D eigenvalue weighted by Gasteiger charge is -2.09. The zero-order valence-electron chi connectivity index (χ0n) is 14.5. The highest BCUT2D eigenvalue weighted by molar-refractivity contribution is 5.95. The summed E-state index contributed by atoms with van der Waals surface area (Å²) in [6.45, 7) is 2.86. The number of hydrogen-bond acceptors (Lipinski definition) is 4. The second kappa shape index (κ2) is 9.32. The van der Waals surface area contributed by atoms with Crippen molar-refractivity contribution in [3.8, 4) is 5.75 Å². The van der Waals surface area contributed by atoms with Crippen molar-refractivity contribution in [2.24, 2.45) is 0 Å². The first-order valence-corrected chi connectivity index (χ1v) is 8.21. The Kier molecular flexibility index (Phi) is 6.83. The van der Waals surface area contributed by atoms with Crippen LogP contribution < -0.4 is 20.7 Å². The van der Waals surface area contributed by atoms with Gasteiger partial charge in [-0.1, -0.05) is 6.92 Å². The highest BCUT2D eigenvalue weighted by Gasteiger charge is 2.05. The molecular weight excluding hydrogens is 318 g/mol. The predicted molar refractivity (Wildman–Crippen MR) is 99.2 cm³/mol. The molecule has 2 rings (SSSR count). The van der Waals surface area contributed by atoms with E-state index in [0.29, 0.717) is 17.9 Å². The van der Waals surface area contributed by atoms with Crippen molar-refractivity contribution in [2.45, 2.75) is 13.3 Å². The van der Waals surface area contributed by atoms with Gasteiger partial charge in [0.05, 0.1) is 13.2 Å². The van der Waals surface area contributed by atoms with E-state index in [9.17, 15) is 9.59 Å². The third-order valence-electron chi connectivity index (χ3n) is 3.44. The quantitative estimate of drug-likeness (QED) is 0.690. The van der Waals surface area contributed by atoms with Crippen LogP contribution in [0.2, 0.25) is 0 Å². The standard InChI is InChI=1S/C19H23N3O3/c1-3-12-25-17-10-8-16(9-11-17)22-18(23)13-21-15-6-4-14(5-7-15)19(24)20-2/h4-11,21H,3,12-13H2,1-2H3,(H,20,24)(H,22,23). The molecular formula is C19H23N3O3. The van der Waals surface area contributed by atoms with Gasteiger partial charge < -0.3 is 20.7 Å². The topological polar surface area (TPSA) is 79.5 Å². The molecule has 0 spiro atoms. The van der Waals surface area contributed by atoms with Crippen molar-refractivity contribution >= 4 is 23.2 Å². The largest absolute Gasteiger partial charge is 0.494 e. The SMILES string of the molecule is CCCOc1ccc(NC(=O)CNc2ccc(C(=O)NC)cc2)cc1. The molecule has 0 fully saturated rings. The number of nitrogens with one attached hydrogen (secondary N) is 3. The van der Waals surface area contributed by atoms with Crippen molar-refractivity contribution < 1.29 is 14.3 Å². The van der Waals surface area contributed by atoms with Crippen LogP contribution in [0.1, 0.15) is 23.7 Å². The second-order valence-corrected chi connectivity index (χ2v) is 5.43. The van der Waals surface area contributed by atoms with Gasteiger partial charge in [-0.3, -0.25) is 9.59 Å². The van der Waals surface area contributed by atoms with E-state index in [1.807, 2.05) is 19.1 Å². The fourth-order valence-electron chi connectivity index (χ4n) is 2.13. The minimum Gasteiger partial charge on any atom is -0.494 e. The van der Waals surface area contributed by atoms with Gasteiger partial charge >= 0.3 is 0 Å². The predicted octanol–water partition coefficient (Wildman–Crippen LogP) is 2.89. The number of anilines is 2. The summed E-state index contributed by atoms with van der Waals surface area (Å²) < 4.78 is 5.50. The molecule has 2 aromatic carbocycles. The summed E-state index contributed by atoms with van der Waals surface area (Å²) in [6, 6.07) is 14.2. The minimum absolute atomic E-state index is 0.132. The van der Waals surface area contributed by atoms with E-state index in [0.717, 1.165) is 17.9 Å². The smallest absolute Gasteiger partial charge is 0.251 e. The average molecular weight is 341 g/mol. The summed E-state index contributed by atoms with van der Waals surface area (Å²) in [7, 11) is 1.58. The summed E-state index contributed by atoms with van der Waals surface area (Å²) in [6.07, 6.45) is 0.953. The Balaban J connectivity index is 1.81. The molecule has 6 heteroatoms. The van der Waals surface area contributed by atoms with Gasteiger partial charge in [-0.15, -0.1) is 0 Å². The lowest BCUT2D eigenvalue weighted by Crippen LogP contribution is -2.22. The van der Waals surface area contributed by atoms with Crippen LogP contribution >= 0.6 is 0 Å². The molecule has 0 aromatic heterocycles. The van der Waals surface area contributed by atoms with E-state index in [1.54, 1.807) is 43.4 Å². The van der Waals surface area contributed by atoms with Crippen LogP contribution in [0.5, 0.6) is 5.75 Å². The molecule has 0 saturated carbocycles. The molecule has 3 N–H and O–H groups in total. The normalized spacial score (nSPS) is 10.0. The third kappa shape index (κ3) is 5.84. The first kappa shape index (κ1) is 18.3. The lowest BCUT2D eigenvalue weighted by atomic mass is 10.2. The van der Waals surface area contributed by atoms with Crippen molar-refractivity contribution in [1.29, 1.82) is 0 Å². The van der Waals surface area contributed by atoms with Gasteiger partial charge in [0.2, 0.25) is 5.91 Å². The molecule has 2 amide bonds. The molecule has 0 atom stereocenters. The Bertz CT molecular complexity index is 697. The van der Waals surface area contributed by atoms with E-state index in [-0.39, 0.29) is 18.4 Å². The van der Waals surface area contributed by atoms with Crippen LogP contribution in [-0.2, 0) is 4.79 Å².